The molecule has 0 spiro atoms. The quantitative estimate of drug-likeness (QED) is 0.761. The third-order valence-electron chi connectivity index (χ3n) is 3.04. The Labute approximate surface area is 110 Å². The Morgan fingerprint density at radius 1 is 1.22 bits per heavy atom. The molecule has 4 nitrogen and oxygen atoms in total. The second kappa shape index (κ2) is 8.08. The molecular weight excluding hydrogens is 228 g/mol. The fourth-order valence-electron chi connectivity index (χ4n) is 1.82. The lowest BCUT2D eigenvalue weighted by Crippen LogP contribution is -2.28. The van der Waals surface area contributed by atoms with Crippen molar-refractivity contribution in [3.8, 4) is 5.75 Å². The molecule has 102 valence electrons. The Morgan fingerprint density at radius 3 is 2.39 bits per heavy atom. The van der Waals surface area contributed by atoms with Crippen LogP contribution in [-0.4, -0.2) is 45.4 Å². The molecule has 0 radical (unpaired) electrons. The van der Waals surface area contributed by atoms with E-state index in [2.05, 4.69) is 24.1 Å². The first-order valence-corrected chi connectivity index (χ1v) is 6.24. The summed E-state index contributed by atoms with van der Waals surface area (Å²) in [5.41, 5.74) is 6.87. The maximum Gasteiger partial charge on any atom is 0.118 e. The summed E-state index contributed by atoms with van der Waals surface area (Å²) in [5.74, 6) is 0.893. The van der Waals surface area contributed by atoms with E-state index in [4.69, 9.17) is 15.2 Å². The highest BCUT2D eigenvalue weighted by molar-refractivity contribution is 5.26. The predicted octanol–water partition coefficient (Wildman–Crippen LogP) is 1.49. The summed E-state index contributed by atoms with van der Waals surface area (Å²) >= 11 is 0. The van der Waals surface area contributed by atoms with Crippen LogP contribution in [0.2, 0.25) is 0 Å². The van der Waals surface area contributed by atoms with Gasteiger partial charge in [0.25, 0.3) is 0 Å². The SMILES string of the molecule is COc1ccc(CN(C)CCC(CN)OC)cc1. The second-order valence-electron chi connectivity index (χ2n) is 4.47. The number of hydrogen-bond acceptors (Lipinski definition) is 4. The minimum atomic E-state index is 0.156. The van der Waals surface area contributed by atoms with Gasteiger partial charge in [0.15, 0.2) is 0 Å². The van der Waals surface area contributed by atoms with Crippen LogP contribution in [0.15, 0.2) is 24.3 Å². The molecule has 0 aliphatic carbocycles. The maximum atomic E-state index is 5.60. The van der Waals surface area contributed by atoms with Gasteiger partial charge in [0.2, 0.25) is 0 Å². The molecule has 1 rings (SSSR count). The summed E-state index contributed by atoms with van der Waals surface area (Å²) in [7, 11) is 5.49. The number of nitrogens with zero attached hydrogens (tertiary/aromatic N) is 1. The molecule has 0 bridgehead atoms. The van der Waals surface area contributed by atoms with Crippen molar-refractivity contribution in [1.82, 2.24) is 4.90 Å². The molecule has 2 N–H and O–H groups in total. The number of ether oxygens (including phenoxy) is 2. The van der Waals surface area contributed by atoms with Crippen LogP contribution in [0.3, 0.4) is 0 Å². The Kier molecular flexibility index (Phi) is 6.72. The van der Waals surface area contributed by atoms with Crippen LogP contribution in [0.1, 0.15) is 12.0 Å². The van der Waals surface area contributed by atoms with Crippen LogP contribution >= 0.6 is 0 Å². The molecule has 0 aromatic heterocycles. The molecule has 1 atom stereocenters. The van der Waals surface area contributed by atoms with Gasteiger partial charge >= 0.3 is 0 Å². The van der Waals surface area contributed by atoms with Crippen LogP contribution in [-0.2, 0) is 11.3 Å². The largest absolute Gasteiger partial charge is 0.497 e. The van der Waals surface area contributed by atoms with Gasteiger partial charge in [-0.15, -0.1) is 0 Å². The summed E-state index contributed by atoms with van der Waals surface area (Å²) in [5, 5.41) is 0. The van der Waals surface area contributed by atoms with Crippen LogP contribution in [0.25, 0.3) is 0 Å². The van der Waals surface area contributed by atoms with Crippen molar-refractivity contribution in [2.75, 3.05) is 34.4 Å². The Hall–Kier alpha value is -1.10. The third-order valence-corrected chi connectivity index (χ3v) is 3.04. The number of hydrogen-bond donors (Lipinski definition) is 1. The fraction of sp³-hybridized carbons (Fsp3) is 0.571. The molecule has 1 aromatic carbocycles. The second-order valence-corrected chi connectivity index (χ2v) is 4.47. The molecular formula is C14H24N2O2. The smallest absolute Gasteiger partial charge is 0.118 e. The minimum absolute atomic E-state index is 0.156. The topological polar surface area (TPSA) is 47.7 Å². The first-order chi connectivity index (χ1) is 8.69. The van der Waals surface area contributed by atoms with E-state index in [0.717, 1.165) is 25.3 Å². The van der Waals surface area contributed by atoms with Crippen LogP contribution in [0.4, 0.5) is 0 Å². The van der Waals surface area contributed by atoms with E-state index in [0.29, 0.717) is 6.54 Å². The maximum absolute atomic E-state index is 5.60. The lowest BCUT2D eigenvalue weighted by molar-refractivity contribution is 0.0919. The van der Waals surface area contributed by atoms with E-state index in [-0.39, 0.29) is 6.10 Å². The molecule has 1 unspecified atom stereocenters. The Morgan fingerprint density at radius 2 is 1.89 bits per heavy atom. The molecule has 0 aliphatic rings. The zero-order valence-corrected chi connectivity index (χ0v) is 11.6. The van der Waals surface area contributed by atoms with Gasteiger partial charge in [0.1, 0.15) is 5.75 Å². The zero-order chi connectivity index (χ0) is 13.4. The molecule has 0 saturated carbocycles. The van der Waals surface area contributed by atoms with Gasteiger partial charge in [0, 0.05) is 26.7 Å². The molecule has 0 saturated heterocycles. The molecule has 0 heterocycles. The first kappa shape index (κ1) is 15.0. The molecule has 1 aromatic rings. The number of nitrogens with two attached hydrogens (primary N) is 1. The summed E-state index contributed by atoms with van der Waals surface area (Å²) in [6, 6.07) is 8.15. The van der Waals surface area contributed by atoms with Gasteiger partial charge in [-0.05, 0) is 31.2 Å². The summed E-state index contributed by atoms with van der Waals surface area (Å²) < 4.78 is 10.4. The van der Waals surface area contributed by atoms with Crippen LogP contribution in [0.5, 0.6) is 5.75 Å². The fourth-order valence-corrected chi connectivity index (χ4v) is 1.82. The predicted molar refractivity (Wildman–Crippen MR) is 73.8 cm³/mol. The highest BCUT2D eigenvalue weighted by atomic mass is 16.5. The highest BCUT2D eigenvalue weighted by Crippen LogP contribution is 2.12. The van der Waals surface area contributed by atoms with Gasteiger partial charge in [-0.2, -0.15) is 0 Å². The van der Waals surface area contributed by atoms with Crippen molar-refractivity contribution in [3.05, 3.63) is 29.8 Å². The third kappa shape index (κ3) is 5.04. The highest BCUT2D eigenvalue weighted by Gasteiger charge is 2.07. The van der Waals surface area contributed by atoms with E-state index in [9.17, 15) is 0 Å². The van der Waals surface area contributed by atoms with E-state index >= 15 is 0 Å². The normalized spacial score (nSPS) is 12.7. The number of benzene rings is 1. The van der Waals surface area contributed by atoms with Crippen molar-refractivity contribution < 1.29 is 9.47 Å². The van der Waals surface area contributed by atoms with Crippen molar-refractivity contribution >= 4 is 0 Å². The molecule has 0 aliphatic heterocycles. The Bertz CT molecular complexity index is 323. The van der Waals surface area contributed by atoms with Gasteiger partial charge in [-0.3, -0.25) is 0 Å². The van der Waals surface area contributed by atoms with Gasteiger partial charge < -0.3 is 20.1 Å². The number of rotatable bonds is 8. The van der Waals surface area contributed by atoms with E-state index in [1.165, 1.54) is 5.56 Å². The van der Waals surface area contributed by atoms with Crippen molar-refractivity contribution in [2.24, 2.45) is 5.73 Å². The van der Waals surface area contributed by atoms with Gasteiger partial charge in [-0.1, -0.05) is 12.1 Å². The summed E-state index contributed by atoms with van der Waals surface area (Å²) in [6.45, 7) is 2.47. The van der Waals surface area contributed by atoms with Crippen LogP contribution in [0, 0.1) is 0 Å². The molecule has 0 fully saturated rings. The number of methoxy groups -OCH3 is 2. The van der Waals surface area contributed by atoms with Crippen LogP contribution < -0.4 is 10.5 Å². The van der Waals surface area contributed by atoms with E-state index in [1.54, 1.807) is 14.2 Å². The standard InChI is InChI=1S/C14H24N2O2/c1-16(9-8-14(10-15)18-3)11-12-4-6-13(17-2)7-5-12/h4-7,14H,8-11,15H2,1-3H3. The molecule has 4 heteroatoms. The molecule has 0 amide bonds. The van der Waals surface area contributed by atoms with Crippen molar-refractivity contribution in [1.29, 1.82) is 0 Å². The van der Waals surface area contributed by atoms with Crippen molar-refractivity contribution in [3.63, 3.8) is 0 Å². The van der Waals surface area contributed by atoms with E-state index in [1.807, 2.05) is 12.1 Å². The lowest BCUT2D eigenvalue weighted by atomic mass is 10.2. The summed E-state index contributed by atoms with van der Waals surface area (Å²) in [6.07, 6.45) is 1.11. The van der Waals surface area contributed by atoms with E-state index < -0.39 is 0 Å². The van der Waals surface area contributed by atoms with Gasteiger partial charge in [0.05, 0.1) is 13.2 Å². The Balaban J connectivity index is 2.36. The zero-order valence-electron chi connectivity index (χ0n) is 11.6. The first-order valence-electron chi connectivity index (χ1n) is 6.24. The average Bonchev–Trinajstić information content (AvgIpc) is 2.41. The van der Waals surface area contributed by atoms with Gasteiger partial charge in [-0.25, -0.2) is 0 Å². The lowest BCUT2D eigenvalue weighted by Gasteiger charge is -2.20. The average molecular weight is 252 g/mol. The monoisotopic (exact) mass is 252 g/mol. The minimum Gasteiger partial charge on any atom is -0.497 e. The van der Waals surface area contributed by atoms with Crippen molar-refractivity contribution in [2.45, 2.75) is 19.1 Å². The molecule has 18 heavy (non-hydrogen) atoms. The summed E-state index contributed by atoms with van der Waals surface area (Å²) in [4.78, 5) is 2.27.